The molecule has 4 aromatic rings. The molecule has 3 aromatic carbocycles. The van der Waals surface area contributed by atoms with Gasteiger partial charge < -0.3 is 36.7 Å². The van der Waals surface area contributed by atoms with Crippen molar-refractivity contribution in [1.82, 2.24) is 40.8 Å². The molecule has 0 bridgehead atoms. The van der Waals surface area contributed by atoms with Gasteiger partial charge in [0.2, 0.25) is 29.5 Å². The van der Waals surface area contributed by atoms with Crippen molar-refractivity contribution >= 4 is 56.6 Å². The summed E-state index contributed by atoms with van der Waals surface area (Å²) in [4.78, 5) is 83.1. The fourth-order valence-electron chi connectivity index (χ4n) is 7.02. The third-order valence-corrected chi connectivity index (χ3v) is 11.3. The maximum absolute atomic E-state index is 14.2. The zero-order chi connectivity index (χ0) is 45.7. The Hall–Kier alpha value is -6.36. The van der Waals surface area contributed by atoms with E-state index in [4.69, 9.17) is 15.0 Å². The molecular weight excluding hydrogens is 852 g/mol. The summed E-state index contributed by atoms with van der Waals surface area (Å²) in [6.07, 6.45) is -3.24. The Balaban J connectivity index is 0.000000985. The van der Waals surface area contributed by atoms with Gasteiger partial charge in [-0.2, -0.15) is 25.9 Å². The van der Waals surface area contributed by atoms with Crippen LogP contribution in [0.15, 0.2) is 91.1 Å². The number of carbonyl (C=O) groups is 6. The van der Waals surface area contributed by atoms with Gasteiger partial charge >= 0.3 is 12.1 Å². The Morgan fingerprint density at radius 3 is 1.92 bits per heavy atom. The number of piperazine rings is 1. The Bertz CT molecular complexity index is 2340. The summed E-state index contributed by atoms with van der Waals surface area (Å²) in [7, 11) is -3.87. The number of H-pyrrole nitrogens is 1. The minimum atomic E-state index is -5.08. The average Bonchev–Trinajstić information content (AvgIpc) is 3.64. The lowest BCUT2D eigenvalue weighted by Crippen LogP contribution is -2.60. The van der Waals surface area contributed by atoms with E-state index in [-0.39, 0.29) is 52.1 Å². The number of fused-ring (bicyclic) bond motifs is 1. The highest BCUT2D eigenvalue weighted by atomic mass is 32.2. The quantitative estimate of drug-likeness (QED) is 0.107. The van der Waals surface area contributed by atoms with E-state index in [1.165, 1.54) is 0 Å². The van der Waals surface area contributed by atoms with E-state index < -0.39 is 82.5 Å². The number of nitrogens with zero attached hydrogens (tertiary/aromatic N) is 2. The first-order valence-electron chi connectivity index (χ1n) is 19.8. The number of halogens is 3. The lowest BCUT2D eigenvalue weighted by atomic mass is 10.0. The number of para-hydroxylation sites is 1. The second-order valence-electron chi connectivity index (χ2n) is 14.9. The van der Waals surface area contributed by atoms with Gasteiger partial charge in [-0.15, -0.1) is 0 Å². The predicted molar refractivity (Wildman–Crippen MR) is 222 cm³/mol. The fraction of sp³-hybridized carbons (Fsp3) is 0.366. The van der Waals surface area contributed by atoms with Crippen LogP contribution in [-0.4, -0.2) is 133 Å². The first-order valence-corrected chi connectivity index (χ1v) is 21.3. The maximum Gasteiger partial charge on any atom is 0.490 e. The number of hydrogen-bond donors (Lipinski definition) is 8. The second-order valence-corrected chi connectivity index (χ2v) is 16.5. The molecule has 0 radical (unpaired) electrons. The Kier molecular flexibility index (Phi) is 16.4. The van der Waals surface area contributed by atoms with Crippen LogP contribution in [0.2, 0.25) is 0 Å². The monoisotopic (exact) mass is 899 g/mol. The largest absolute Gasteiger partial charge is 0.490 e. The van der Waals surface area contributed by atoms with Crippen LogP contribution >= 0.6 is 0 Å². The molecule has 9 N–H and O–H groups in total. The molecule has 0 spiro atoms. The Labute approximate surface area is 360 Å². The van der Waals surface area contributed by atoms with Crippen molar-refractivity contribution in [2.24, 2.45) is 5.14 Å². The molecule has 18 nitrogen and oxygen atoms in total. The van der Waals surface area contributed by atoms with Crippen LogP contribution in [0.1, 0.15) is 23.1 Å². The molecule has 2 aliphatic rings. The molecule has 63 heavy (non-hydrogen) atoms. The van der Waals surface area contributed by atoms with Gasteiger partial charge in [0.25, 0.3) is 10.2 Å². The molecule has 338 valence electrons. The number of carbonyl (C=O) groups excluding carboxylic acids is 5. The molecule has 22 heteroatoms. The molecular formula is C41H48F3N9O9S. The normalized spacial score (nSPS) is 21.1. The van der Waals surface area contributed by atoms with Gasteiger partial charge in [0.15, 0.2) is 0 Å². The summed E-state index contributed by atoms with van der Waals surface area (Å²) in [5, 5.41) is 27.4. The number of carboxylic acids is 1. The Morgan fingerprint density at radius 2 is 1.32 bits per heavy atom. The summed E-state index contributed by atoms with van der Waals surface area (Å²) in [6, 6.07) is 22.0. The third kappa shape index (κ3) is 14.6. The van der Waals surface area contributed by atoms with Crippen LogP contribution in [-0.2, 0) is 58.2 Å². The van der Waals surface area contributed by atoms with Crippen LogP contribution in [0, 0.1) is 0 Å². The molecule has 1 aromatic heterocycles. The summed E-state index contributed by atoms with van der Waals surface area (Å²) >= 11 is 0. The van der Waals surface area contributed by atoms with Gasteiger partial charge in [-0.1, -0.05) is 78.9 Å². The van der Waals surface area contributed by atoms with E-state index in [0.29, 0.717) is 6.42 Å². The lowest BCUT2D eigenvalue weighted by molar-refractivity contribution is -0.192. The minimum absolute atomic E-state index is 0.0435. The lowest BCUT2D eigenvalue weighted by Gasteiger charge is -2.32. The smallest absolute Gasteiger partial charge is 0.475 e. The van der Waals surface area contributed by atoms with E-state index in [1.807, 2.05) is 84.9 Å². The van der Waals surface area contributed by atoms with Crippen LogP contribution in [0.3, 0.4) is 0 Å². The van der Waals surface area contributed by atoms with Gasteiger partial charge in [0.1, 0.15) is 18.1 Å². The fourth-order valence-corrected chi connectivity index (χ4v) is 7.69. The second kappa shape index (κ2) is 21.6. The predicted octanol–water partition coefficient (Wildman–Crippen LogP) is 0.109. The molecule has 0 saturated carbocycles. The average molecular weight is 900 g/mol. The number of amides is 5. The van der Waals surface area contributed by atoms with Crippen LogP contribution < -0.4 is 31.7 Å². The first-order chi connectivity index (χ1) is 29.8. The summed E-state index contributed by atoms with van der Waals surface area (Å²) < 4.78 is 56.3. The number of alkyl halides is 3. The van der Waals surface area contributed by atoms with E-state index in [2.05, 4.69) is 31.6 Å². The van der Waals surface area contributed by atoms with Crippen LogP contribution in [0.5, 0.6) is 0 Å². The van der Waals surface area contributed by atoms with Crippen molar-refractivity contribution in [1.29, 1.82) is 0 Å². The number of hydrogen-bond acceptors (Lipinski definition) is 9. The highest BCUT2D eigenvalue weighted by molar-refractivity contribution is 7.86. The highest BCUT2D eigenvalue weighted by Gasteiger charge is 2.38. The number of nitrogens with two attached hydrogens (primary N) is 1. The van der Waals surface area contributed by atoms with Crippen molar-refractivity contribution < 1.29 is 55.5 Å². The van der Waals surface area contributed by atoms with Crippen LogP contribution in [0.25, 0.3) is 10.9 Å². The van der Waals surface area contributed by atoms with E-state index >= 15 is 0 Å². The van der Waals surface area contributed by atoms with Gasteiger partial charge in [0, 0.05) is 62.7 Å². The molecule has 5 amide bonds. The number of aromatic amines is 1. The van der Waals surface area contributed by atoms with Crippen molar-refractivity contribution in [2.45, 2.75) is 56.0 Å². The summed E-state index contributed by atoms with van der Waals surface area (Å²) in [5.74, 6) is -5.72. The van der Waals surface area contributed by atoms with Gasteiger partial charge in [-0.05, 0) is 29.2 Å². The SMILES string of the molecule is NS(=O)(=O)N1CCN(CC(=O)N[C@@H]2CC(=O)N[C@@H](Cc3c[nH]c4ccccc34)C(=O)N[C@@H](Cc3ccccc3)C(=O)N[C@H](Cc3ccccc3)CNC2=O)CC1.O=C(O)C(F)(F)F. The molecule has 6 rings (SSSR count). The third-order valence-electron chi connectivity index (χ3n) is 10.2. The van der Waals surface area contributed by atoms with Crippen molar-refractivity contribution in [2.75, 3.05) is 39.3 Å². The van der Waals surface area contributed by atoms with Crippen molar-refractivity contribution in [3.63, 3.8) is 0 Å². The maximum atomic E-state index is 14.2. The molecule has 2 saturated heterocycles. The molecule has 0 aliphatic carbocycles. The summed E-state index contributed by atoms with van der Waals surface area (Å²) in [5.41, 5.74) is 3.29. The standard InChI is InChI=1S/C39H47N9O7S.C2HF3O2/c40-56(54,55)48-17-15-47(16-18-48)25-36(50)45-34-22-35(49)44-33(21-28-23-41-31-14-8-7-13-30(28)31)39(53)46-32(20-27-11-5-2-6-12-27)38(52)43-29(24-42-37(34)51)19-26-9-3-1-4-10-26;3-2(4,5)1(6)7/h1-14,23,29,32-34,41H,15-22,24-25H2,(H,42,51)(H,43,52)(H,44,49)(H,45,50)(H,46,53)(H2,40,54,55);(H,6,7)/t29-,32+,33+,34-;/m1./s1. The highest BCUT2D eigenvalue weighted by Crippen LogP contribution is 2.20. The van der Waals surface area contributed by atoms with Gasteiger partial charge in [0.05, 0.1) is 19.0 Å². The molecule has 2 fully saturated rings. The van der Waals surface area contributed by atoms with Gasteiger partial charge in [-0.3, -0.25) is 28.9 Å². The molecule has 0 unspecified atom stereocenters. The van der Waals surface area contributed by atoms with E-state index in [0.717, 1.165) is 31.9 Å². The van der Waals surface area contributed by atoms with E-state index in [1.54, 1.807) is 11.1 Å². The number of benzene rings is 3. The molecule has 4 atom stereocenters. The minimum Gasteiger partial charge on any atom is -0.475 e. The molecule has 2 aliphatic heterocycles. The summed E-state index contributed by atoms with van der Waals surface area (Å²) in [6.45, 7) is 0.455. The number of aromatic nitrogens is 1. The van der Waals surface area contributed by atoms with Gasteiger partial charge in [-0.25, -0.2) is 9.93 Å². The van der Waals surface area contributed by atoms with Crippen molar-refractivity contribution in [3.05, 3.63) is 108 Å². The van der Waals surface area contributed by atoms with E-state index in [9.17, 15) is 45.6 Å². The first kappa shape index (κ1) is 47.7. The van der Waals surface area contributed by atoms with Crippen molar-refractivity contribution in [3.8, 4) is 0 Å². The molecule has 3 heterocycles. The number of carboxylic acid groups (broad SMARTS) is 1. The van der Waals surface area contributed by atoms with Crippen LogP contribution in [0.4, 0.5) is 13.2 Å². The number of nitrogens with one attached hydrogen (secondary N) is 6. The topological polar surface area (TPSA) is 265 Å². The zero-order valence-electron chi connectivity index (χ0n) is 33.8. The Morgan fingerprint density at radius 1 is 0.762 bits per heavy atom. The number of aliphatic carboxylic acids is 1. The zero-order valence-corrected chi connectivity index (χ0v) is 34.6. The number of rotatable bonds is 10.